The van der Waals surface area contributed by atoms with Crippen molar-refractivity contribution < 1.29 is 19.0 Å². The molecule has 0 aliphatic heterocycles. The Bertz CT molecular complexity index is 1160. The lowest BCUT2D eigenvalue weighted by molar-refractivity contribution is -0.123. The molecular weight excluding hydrogens is 410 g/mol. The highest BCUT2D eigenvalue weighted by molar-refractivity contribution is 5.77. The third kappa shape index (κ3) is 5.66. The fraction of sp³-hybridized carbons (Fsp3) is 0.292. The highest BCUT2D eigenvalue weighted by atomic mass is 16.5. The fourth-order valence-electron chi connectivity index (χ4n) is 3.07. The minimum atomic E-state index is -0.276. The normalized spacial score (nSPS) is 10.5. The van der Waals surface area contributed by atoms with E-state index in [1.807, 2.05) is 32.0 Å². The van der Waals surface area contributed by atoms with Crippen LogP contribution in [0.3, 0.4) is 0 Å². The van der Waals surface area contributed by atoms with Gasteiger partial charge in [-0.15, -0.1) is 0 Å². The monoisotopic (exact) mass is 437 g/mol. The first-order chi connectivity index (χ1) is 15.4. The Kier molecular flexibility index (Phi) is 7.49. The van der Waals surface area contributed by atoms with E-state index in [0.717, 1.165) is 11.1 Å². The summed E-state index contributed by atoms with van der Waals surface area (Å²) >= 11 is 0. The van der Waals surface area contributed by atoms with Crippen molar-refractivity contribution in [3.63, 3.8) is 0 Å². The average Bonchev–Trinajstić information content (AvgIpc) is 2.80. The Morgan fingerprint density at radius 3 is 2.47 bits per heavy atom. The van der Waals surface area contributed by atoms with Crippen molar-refractivity contribution in [1.29, 1.82) is 0 Å². The maximum atomic E-state index is 12.2. The summed E-state index contributed by atoms with van der Waals surface area (Å²) in [6.07, 6.45) is 0. The Morgan fingerprint density at radius 2 is 1.75 bits per heavy atom. The van der Waals surface area contributed by atoms with Gasteiger partial charge in [-0.1, -0.05) is 6.07 Å². The van der Waals surface area contributed by atoms with Crippen LogP contribution < -0.4 is 25.1 Å². The first-order valence-electron chi connectivity index (χ1n) is 10.2. The van der Waals surface area contributed by atoms with E-state index >= 15 is 0 Å². The second kappa shape index (κ2) is 10.5. The Hall–Kier alpha value is -3.81. The Labute approximate surface area is 186 Å². The first kappa shape index (κ1) is 22.9. The summed E-state index contributed by atoms with van der Waals surface area (Å²) in [4.78, 5) is 24.3. The van der Waals surface area contributed by atoms with E-state index in [-0.39, 0.29) is 31.2 Å². The largest absolute Gasteiger partial charge is 0.497 e. The molecule has 32 heavy (non-hydrogen) atoms. The summed E-state index contributed by atoms with van der Waals surface area (Å²) in [5.74, 6) is 1.62. The van der Waals surface area contributed by atoms with Crippen molar-refractivity contribution in [2.45, 2.75) is 20.4 Å². The van der Waals surface area contributed by atoms with Crippen LogP contribution in [0.2, 0.25) is 0 Å². The molecule has 1 heterocycles. The zero-order chi connectivity index (χ0) is 23.1. The van der Waals surface area contributed by atoms with Crippen molar-refractivity contribution in [1.82, 2.24) is 15.1 Å². The molecule has 0 aliphatic rings. The van der Waals surface area contributed by atoms with Crippen LogP contribution >= 0.6 is 0 Å². The third-order valence-electron chi connectivity index (χ3n) is 5.04. The molecule has 0 saturated carbocycles. The van der Waals surface area contributed by atoms with Crippen LogP contribution in [0.4, 0.5) is 0 Å². The molecule has 0 unspecified atom stereocenters. The number of aromatic nitrogens is 2. The predicted molar refractivity (Wildman–Crippen MR) is 121 cm³/mol. The molecule has 8 heteroatoms. The third-order valence-corrected chi connectivity index (χ3v) is 5.04. The number of nitrogens with one attached hydrogen (secondary N) is 1. The summed E-state index contributed by atoms with van der Waals surface area (Å²) < 4.78 is 17.5. The number of amides is 1. The molecular formula is C24H27N3O5. The minimum absolute atomic E-state index is 0.105. The smallest absolute Gasteiger partial charge is 0.266 e. The highest BCUT2D eigenvalue weighted by Gasteiger charge is 2.11. The fourth-order valence-corrected chi connectivity index (χ4v) is 3.07. The van der Waals surface area contributed by atoms with Gasteiger partial charge in [-0.2, -0.15) is 5.10 Å². The van der Waals surface area contributed by atoms with Crippen molar-refractivity contribution >= 4 is 5.91 Å². The molecule has 1 aromatic heterocycles. The van der Waals surface area contributed by atoms with E-state index < -0.39 is 0 Å². The summed E-state index contributed by atoms with van der Waals surface area (Å²) in [5, 5.41) is 7.17. The van der Waals surface area contributed by atoms with Gasteiger partial charge in [0, 0.05) is 18.2 Å². The van der Waals surface area contributed by atoms with Crippen molar-refractivity contribution in [2.75, 3.05) is 27.4 Å². The molecule has 3 rings (SSSR count). The summed E-state index contributed by atoms with van der Waals surface area (Å²) in [6.45, 7) is 4.35. The standard InChI is InChI=1S/C24H27N3O5/c1-16-5-6-19(13-17(16)2)32-15-23(28)25-11-12-27-24(29)10-8-21(26-27)20-14-18(30-3)7-9-22(20)31-4/h5-10,13-14H,11-12,15H2,1-4H3,(H,25,28). The van der Waals surface area contributed by atoms with E-state index in [2.05, 4.69) is 10.4 Å². The lowest BCUT2D eigenvalue weighted by atomic mass is 10.1. The van der Waals surface area contributed by atoms with Gasteiger partial charge in [-0.3, -0.25) is 9.59 Å². The predicted octanol–water partition coefficient (Wildman–Crippen LogP) is 2.74. The van der Waals surface area contributed by atoms with Gasteiger partial charge in [0.25, 0.3) is 11.5 Å². The lowest BCUT2D eigenvalue weighted by Gasteiger charge is -2.12. The van der Waals surface area contributed by atoms with Gasteiger partial charge in [0.2, 0.25) is 0 Å². The van der Waals surface area contributed by atoms with Gasteiger partial charge in [0.05, 0.1) is 26.5 Å². The molecule has 0 atom stereocenters. The maximum Gasteiger partial charge on any atom is 0.266 e. The molecule has 0 aliphatic carbocycles. The molecule has 8 nitrogen and oxygen atoms in total. The summed E-state index contributed by atoms with van der Waals surface area (Å²) in [7, 11) is 3.14. The molecule has 0 saturated heterocycles. The van der Waals surface area contributed by atoms with Gasteiger partial charge in [-0.25, -0.2) is 4.68 Å². The van der Waals surface area contributed by atoms with Crippen molar-refractivity contribution in [2.24, 2.45) is 0 Å². The van der Waals surface area contributed by atoms with Gasteiger partial charge in [-0.05, 0) is 61.4 Å². The maximum absolute atomic E-state index is 12.2. The molecule has 1 N–H and O–H groups in total. The number of carbonyl (C=O) groups excluding carboxylic acids is 1. The summed E-state index contributed by atoms with van der Waals surface area (Å²) in [5.41, 5.74) is 3.25. The number of aryl methyl sites for hydroxylation is 2. The number of hydrogen-bond donors (Lipinski definition) is 1. The number of benzene rings is 2. The van der Waals surface area contributed by atoms with Crippen molar-refractivity contribution in [3.05, 3.63) is 70.0 Å². The van der Waals surface area contributed by atoms with Gasteiger partial charge in [0.15, 0.2) is 6.61 Å². The number of hydrogen-bond acceptors (Lipinski definition) is 6. The van der Waals surface area contributed by atoms with E-state index in [9.17, 15) is 9.59 Å². The minimum Gasteiger partial charge on any atom is -0.497 e. The molecule has 0 bridgehead atoms. The second-order valence-electron chi connectivity index (χ2n) is 7.23. The first-order valence-corrected chi connectivity index (χ1v) is 10.2. The van der Waals surface area contributed by atoms with Crippen LogP contribution in [0.1, 0.15) is 11.1 Å². The number of methoxy groups -OCH3 is 2. The Morgan fingerprint density at radius 1 is 0.969 bits per heavy atom. The van der Waals surface area contributed by atoms with E-state index in [1.165, 1.54) is 10.7 Å². The van der Waals surface area contributed by atoms with Gasteiger partial charge in [0.1, 0.15) is 17.2 Å². The average molecular weight is 437 g/mol. The Balaban J connectivity index is 1.61. The van der Waals surface area contributed by atoms with Crippen LogP contribution in [0.25, 0.3) is 11.3 Å². The van der Waals surface area contributed by atoms with Crippen LogP contribution in [-0.4, -0.2) is 43.1 Å². The lowest BCUT2D eigenvalue weighted by Crippen LogP contribution is -2.34. The van der Waals surface area contributed by atoms with Crippen LogP contribution in [0.15, 0.2) is 53.3 Å². The molecule has 2 aromatic carbocycles. The second-order valence-corrected chi connectivity index (χ2v) is 7.23. The SMILES string of the molecule is COc1ccc(OC)c(-c2ccc(=O)n(CCNC(=O)COc3ccc(C)c(C)c3)n2)c1. The molecule has 0 fully saturated rings. The van der Waals surface area contributed by atoms with Gasteiger partial charge >= 0.3 is 0 Å². The molecule has 0 spiro atoms. The summed E-state index contributed by atoms with van der Waals surface area (Å²) in [6, 6.07) is 14.1. The molecule has 0 radical (unpaired) electrons. The van der Waals surface area contributed by atoms with Gasteiger partial charge < -0.3 is 19.5 Å². The van der Waals surface area contributed by atoms with Crippen LogP contribution in [0, 0.1) is 13.8 Å². The molecule has 3 aromatic rings. The quantitative estimate of drug-likeness (QED) is 0.554. The zero-order valence-electron chi connectivity index (χ0n) is 18.7. The topological polar surface area (TPSA) is 91.7 Å². The van der Waals surface area contributed by atoms with Crippen molar-refractivity contribution in [3.8, 4) is 28.5 Å². The van der Waals surface area contributed by atoms with Crippen LogP contribution in [-0.2, 0) is 11.3 Å². The van der Waals surface area contributed by atoms with E-state index in [1.54, 1.807) is 38.5 Å². The number of ether oxygens (including phenoxy) is 3. The highest BCUT2D eigenvalue weighted by Crippen LogP contribution is 2.31. The van der Waals surface area contributed by atoms with E-state index in [4.69, 9.17) is 14.2 Å². The number of nitrogens with zero attached hydrogens (tertiary/aromatic N) is 2. The number of carbonyl (C=O) groups is 1. The molecule has 168 valence electrons. The number of rotatable bonds is 9. The van der Waals surface area contributed by atoms with Crippen LogP contribution in [0.5, 0.6) is 17.2 Å². The molecule has 1 amide bonds. The van der Waals surface area contributed by atoms with E-state index in [0.29, 0.717) is 28.5 Å². The zero-order valence-corrected chi connectivity index (χ0v) is 18.7.